The summed E-state index contributed by atoms with van der Waals surface area (Å²) in [5.41, 5.74) is 3.69. The van der Waals surface area contributed by atoms with Gasteiger partial charge in [0.05, 0.1) is 35.0 Å². The van der Waals surface area contributed by atoms with Gasteiger partial charge in [-0.05, 0) is 92.8 Å². The van der Waals surface area contributed by atoms with Gasteiger partial charge in [-0.15, -0.1) is 0 Å². The highest BCUT2D eigenvalue weighted by Crippen LogP contribution is 2.59. The Kier molecular flexibility index (Phi) is 8.40. The summed E-state index contributed by atoms with van der Waals surface area (Å²) >= 11 is 0. The molecule has 1 saturated carbocycles. The minimum atomic E-state index is -0.890. The molecule has 4 aromatic rings. The Balaban J connectivity index is 1.18. The molecule has 6 atom stereocenters. The van der Waals surface area contributed by atoms with Gasteiger partial charge in [0.25, 0.3) is 0 Å². The largest absolute Gasteiger partial charge is 0.508 e. The molecule has 2 aliphatic carbocycles. The molecule has 8 rings (SSSR count). The fraction of sp³-hybridized carbons (Fsp3) is 0.256. The van der Waals surface area contributed by atoms with Crippen molar-refractivity contribution in [3.63, 3.8) is 0 Å². The zero-order valence-corrected chi connectivity index (χ0v) is 29.1. The number of fused-ring (bicyclic) bond motifs is 4. The lowest BCUT2D eigenvalue weighted by molar-refractivity contribution is -0.126. The number of carbonyl (C=O) groups is 6. The van der Waals surface area contributed by atoms with Gasteiger partial charge in [0.2, 0.25) is 23.6 Å². The van der Waals surface area contributed by atoms with Gasteiger partial charge in [0, 0.05) is 28.7 Å². The lowest BCUT2D eigenvalue weighted by atomic mass is 9.57. The molecule has 53 heavy (non-hydrogen) atoms. The van der Waals surface area contributed by atoms with E-state index in [2.05, 4.69) is 0 Å². The lowest BCUT2D eigenvalue weighted by Gasteiger charge is -2.44. The third-order valence-corrected chi connectivity index (χ3v) is 11.3. The molecule has 4 aromatic carbocycles. The van der Waals surface area contributed by atoms with Crippen molar-refractivity contribution >= 4 is 46.6 Å². The molecular weight excluding hydrogens is 672 g/mol. The summed E-state index contributed by atoms with van der Waals surface area (Å²) in [5.74, 6) is -6.15. The number of rotatable bonds is 8. The van der Waals surface area contributed by atoms with Gasteiger partial charge in [0.1, 0.15) is 18.1 Å². The molecule has 0 bridgehead atoms. The number of imide groups is 2. The zero-order chi connectivity index (χ0) is 37.1. The van der Waals surface area contributed by atoms with Crippen LogP contribution in [-0.4, -0.2) is 40.3 Å². The summed E-state index contributed by atoms with van der Waals surface area (Å²) < 4.78 is 5.97. The van der Waals surface area contributed by atoms with Crippen LogP contribution >= 0.6 is 0 Å². The Hall–Kier alpha value is -6.16. The number of anilines is 2. The fourth-order valence-electron chi connectivity index (χ4n) is 8.75. The smallest absolute Gasteiger partial charge is 0.238 e. The Morgan fingerprint density at radius 3 is 1.81 bits per heavy atom. The van der Waals surface area contributed by atoms with Gasteiger partial charge in [-0.25, -0.2) is 0 Å². The number of phenolic OH excluding ortho intramolecular Hbond substituents is 1. The second-order valence-corrected chi connectivity index (χ2v) is 14.2. The molecule has 266 valence electrons. The first-order valence-corrected chi connectivity index (χ1v) is 17.7. The van der Waals surface area contributed by atoms with Crippen molar-refractivity contribution in [2.24, 2.45) is 29.6 Å². The van der Waals surface area contributed by atoms with Crippen LogP contribution in [0.15, 0.2) is 109 Å². The number of aromatic hydroxyl groups is 1. The topological polar surface area (TPSA) is 138 Å². The molecule has 0 aromatic heterocycles. The summed E-state index contributed by atoms with van der Waals surface area (Å²) in [6, 6.07) is 27.2. The Morgan fingerprint density at radius 1 is 0.679 bits per heavy atom. The predicted octanol–water partition coefficient (Wildman–Crippen LogP) is 6.42. The number of hydrogen-bond donors (Lipinski definition) is 1. The summed E-state index contributed by atoms with van der Waals surface area (Å²) in [6.07, 6.45) is 2.33. The van der Waals surface area contributed by atoms with Crippen molar-refractivity contribution in [1.29, 1.82) is 0 Å². The van der Waals surface area contributed by atoms with Crippen molar-refractivity contribution in [2.45, 2.75) is 39.2 Å². The summed E-state index contributed by atoms with van der Waals surface area (Å²) in [4.78, 5) is 83.3. The average Bonchev–Trinajstić information content (AvgIpc) is 3.57. The van der Waals surface area contributed by atoms with Crippen molar-refractivity contribution < 1.29 is 38.6 Å². The zero-order valence-electron chi connectivity index (χ0n) is 29.1. The van der Waals surface area contributed by atoms with Gasteiger partial charge in [0.15, 0.2) is 11.6 Å². The van der Waals surface area contributed by atoms with Crippen LogP contribution < -0.4 is 14.5 Å². The molecule has 0 unspecified atom stereocenters. The van der Waals surface area contributed by atoms with Crippen LogP contribution in [0.3, 0.4) is 0 Å². The molecule has 10 nitrogen and oxygen atoms in total. The van der Waals surface area contributed by atoms with Gasteiger partial charge >= 0.3 is 0 Å². The number of benzene rings is 4. The number of phenols is 1. The molecule has 4 aliphatic rings. The first-order chi connectivity index (χ1) is 25.5. The molecule has 2 saturated heterocycles. The van der Waals surface area contributed by atoms with Gasteiger partial charge < -0.3 is 9.84 Å². The van der Waals surface area contributed by atoms with Crippen LogP contribution in [0.1, 0.15) is 64.4 Å². The highest BCUT2D eigenvalue weighted by Gasteiger charge is 2.62. The molecule has 3 fully saturated rings. The van der Waals surface area contributed by atoms with Gasteiger partial charge in [-0.3, -0.25) is 38.6 Å². The van der Waals surface area contributed by atoms with E-state index in [4.69, 9.17) is 4.74 Å². The van der Waals surface area contributed by atoms with E-state index in [1.165, 1.54) is 24.8 Å². The van der Waals surface area contributed by atoms with Crippen LogP contribution in [-0.2, 0) is 25.8 Å². The van der Waals surface area contributed by atoms with Crippen molar-refractivity contribution in [2.75, 3.05) is 9.80 Å². The Morgan fingerprint density at radius 2 is 1.25 bits per heavy atom. The van der Waals surface area contributed by atoms with E-state index < -0.39 is 53.2 Å². The number of allylic oxidation sites excluding steroid dienone is 2. The number of amides is 4. The maximum atomic E-state index is 14.5. The first-order valence-electron chi connectivity index (χ1n) is 17.7. The molecule has 1 N–H and O–H groups in total. The SMILES string of the molecule is CC(=O)c1ccc(N2C(=O)[C@H]3[C@H](CC=C4[C@H]3C[C@H]3C(=O)N(c5ccc(C(C)=O)cc5)C(=O)[C@H]3[C@H]4c3ccc(OCc4ccccc4)cc3O)C2=O)cc1. The molecule has 2 heterocycles. The number of hydrogen-bond acceptors (Lipinski definition) is 8. The predicted molar refractivity (Wildman–Crippen MR) is 194 cm³/mol. The van der Waals surface area contributed by atoms with Crippen molar-refractivity contribution in [3.8, 4) is 11.5 Å². The lowest BCUT2D eigenvalue weighted by Crippen LogP contribution is -2.43. The van der Waals surface area contributed by atoms with E-state index in [-0.39, 0.29) is 42.7 Å². The third kappa shape index (κ3) is 5.65. The van der Waals surface area contributed by atoms with E-state index in [1.807, 2.05) is 36.4 Å². The summed E-state index contributed by atoms with van der Waals surface area (Å²) in [6.45, 7) is 3.15. The number of ether oxygens (including phenoxy) is 1. The van der Waals surface area contributed by atoms with E-state index in [9.17, 15) is 33.9 Å². The third-order valence-electron chi connectivity index (χ3n) is 11.3. The van der Waals surface area contributed by atoms with E-state index in [0.29, 0.717) is 33.8 Å². The quantitative estimate of drug-likeness (QED) is 0.126. The second kappa shape index (κ2) is 13.1. The Bertz CT molecular complexity index is 2230. The van der Waals surface area contributed by atoms with Crippen molar-refractivity contribution in [1.82, 2.24) is 0 Å². The van der Waals surface area contributed by atoms with Gasteiger partial charge in [-0.2, -0.15) is 0 Å². The standard InChI is InChI=1S/C43H36N2O8/c1-23(46)26-8-12-28(13-9-26)44-40(49)33-19-18-31-34(38(33)42(44)51)21-35-39(43(52)45(41(35)50)29-14-10-27(11-15-29)24(2)47)37(31)32-17-16-30(20-36(32)48)53-22-25-6-4-3-5-7-25/h3-18,20,33-35,37-39,48H,19,21-22H2,1-2H3/t33-,34+,35+,37+,38-,39+/m0/s1. The van der Waals surface area contributed by atoms with Crippen LogP contribution in [0.5, 0.6) is 11.5 Å². The Labute approximate surface area is 305 Å². The number of nitrogens with zero attached hydrogens (tertiary/aromatic N) is 2. The maximum Gasteiger partial charge on any atom is 0.238 e. The van der Waals surface area contributed by atoms with Crippen LogP contribution in [0, 0.1) is 29.6 Å². The minimum absolute atomic E-state index is 0.117. The number of carbonyl (C=O) groups excluding carboxylic acids is 6. The number of ketones is 2. The van der Waals surface area contributed by atoms with E-state index in [0.717, 1.165) is 16.0 Å². The first kappa shape index (κ1) is 34.0. The monoisotopic (exact) mass is 708 g/mol. The van der Waals surface area contributed by atoms with E-state index in [1.54, 1.807) is 60.7 Å². The van der Waals surface area contributed by atoms with E-state index >= 15 is 0 Å². The summed E-state index contributed by atoms with van der Waals surface area (Å²) in [7, 11) is 0. The van der Waals surface area contributed by atoms with Crippen LogP contribution in [0.25, 0.3) is 0 Å². The maximum absolute atomic E-state index is 14.5. The normalized spacial score (nSPS) is 24.8. The fourth-order valence-corrected chi connectivity index (χ4v) is 8.75. The molecule has 0 spiro atoms. The highest BCUT2D eigenvalue weighted by atomic mass is 16.5. The molecule has 10 heteroatoms. The highest BCUT2D eigenvalue weighted by molar-refractivity contribution is 6.24. The summed E-state index contributed by atoms with van der Waals surface area (Å²) in [5, 5.41) is 11.6. The van der Waals surface area contributed by atoms with Crippen LogP contribution in [0.4, 0.5) is 11.4 Å². The second-order valence-electron chi connectivity index (χ2n) is 14.2. The van der Waals surface area contributed by atoms with Crippen molar-refractivity contribution in [3.05, 3.63) is 131 Å². The minimum Gasteiger partial charge on any atom is -0.508 e. The molecule has 0 radical (unpaired) electrons. The molecule has 4 amide bonds. The molecule has 2 aliphatic heterocycles. The average molecular weight is 709 g/mol. The van der Waals surface area contributed by atoms with Crippen LogP contribution in [0.2, 0.25) is 0 Å². The number of Topliss-reactive ketones (excluding diaryl/α,β-unsaturated/α-hetero) is 2. The molecular formula is C43H36N2O8. The van der Waals surface area contributed by atoms with Gasteiger partial charge in [-0.1, -0.05) is 48.0 Å².